The average molecular weight is 360 g/mol. The van der Waals surface area contributed by atoms with Gasteiger partial charge in [-0.1, -0.05) is 31.4 Å². The fraction of sp³-hybridized carbons (Fsp3) is 0.318. The molecule has 0 spiro atoms. The van der Waals surface area contributed by atoms with E-state index < -0.39 is 5.91 Å². The minimum absolute atomic E-state index is 0.446. The van der Waals surface area contributed by atoms with Crippen molar-refractivity contribution in [2.75, 3.05) is 11.9 Å². The summed E-state index contributed by atoms with van der Waals surface area (Å²) < 4.78 is 0. The summed E-state index contributed by atoms with van der Waals surface area (Å²) in [4.78, 5) is 20.6. The van der Waals surface area contributed by atoms with Gasteiger partial charge >= 0.3 is 0 Å². The van der Waals surface area contributed by atoms with E-state index in [2.05, 4.69) is 21.4 Å². The average Bonchev–Trinajstić information content (AvgIpc) is 2.72. The molecule has 5 heteroatoms. The summed E-state index contributed by atoms with van der Waals surface area (Å²) in [6.07, 6.45) is 11.6. The second kappa shape index (κ2) is 7.74. The second-order valence-corrected chi connectivity index (χ2v) is 7.27. The van der Waals surface area contributed by atoms with E-state index in [0.29, 0.717) is 11.5 Å². The van der Waals surface area contributed by atoms with E-state index in [0.717, 1.165) is 34.3 Å². The van der Waals surface area contributed by atoms with Crippen molar-refractivity contribution in [3.63, 3.8) is 0 Å². The number of hydrogen-bond donors (Lipinski definition) is 2. The van der Waals surface area contributed by atoms with Crippen LogP contribution in [-0.2, 0) is 0 Å². The molecule has 1 fully saturated rings. The normalized spacial score (nSPS) is 15.0. The molecule has 138 valence electrons. The Kier molecular flexibility index (Phi) is 5.01. The molecule has 1 aliphatic rings. The molecule has 2 heterocycles. The van der Waals surface area contributed by atoms with Crippen LogP contribution in [0.2, 0.25) is 0 Å². The SMILES string of the molecule is NC(=O)c1cnc2ccc(-c3cccnc3)cc2c1NCC1CCCCC1. The lowest BCUT2D eigenvalue weighted by Crippen LogP contribution is -2.20. The maximum absolute atomic E-state index is 12.0. The van der Waals surface area contributed by atoms with Gasteiger partial charge in [-0.05, 0) is 42.5 Å². The molecule has 0 bridgehead atoms. The number of carbonyl (C=O) groups is 1. The highest BCUT2D eigenvalue weighted by Gasteiger charge is 2.17. The number of aromatic nitrogens is 2. The molecule has 0 saturated heterocycles. The van der Waals surface area contributed by atoms with Crippen LogP contribution >= 0.6 is 0 Å². The van der Waals surface area contributed by atoms with E-state index in [1.807, 2.05) is 30.5 Å². The number of anilines is 1. The maximum atomic E-state index is 12.0. The monoisotopic (exact) mass is 360 g/mol. The summed E-state index contributed by atoms with van der Waals surface area (Å²) in [6.45, 7) is 0.858. The highest BCUT2D eigenvalue weighted by Crippen LogP contribution is 2.31. The van der Waals surface area contributed by atoms with Crippen molar-refractivity contribution >= 4 is 22.5 Å². The van der Waals surface area contributed by atoms with Gasteiger partial charge in [0.25, 0.3) is 5.91 Å². The topological polar surface area (TPSA) is 80.9 Å². The highest BCUT2D eigenvalue weighted by molar-refractivity contribution is 6.07. The summed E-state index contributed by atoms with van der Waals surface area (Å²) in [5.41, 5.74) is 9.79. The van der Waals surface area contributed by atoms with Crippen molar-refractivity contribution in [1.29, 1.82) is 0 Å². The molecule has 1 aromatic carbocycles. The Hall–Kier alpha value is -2.95. The third-order valence-electron chi connectivity index (χ3n) is 5.42. The van der Waals surface area contributed by atoms with Crippen molar-refractivity contribution in [1.82, 2.24) is 9.97 Å². The van der Waals surface area contributed by atoms with Gasteiger partial charge in [-0.3, -0.25) is 14.8 Å². The number of nitrogens with two attached hydrogens (primary N) is 1. The number of amides is 1. The van der Waals surface area contributed by atoms with Gasteiger partial charge in [-0.25, -0.2) is 0 Å². The third kappa shape index (κ3) is 3.77. The second-order valence-electron chi connectivity index (χ2n) is 7.27. The van der Waals surface area contributed by atoms with Crippen molar-refractivity contribution in [3.05, 3.63) is 54.5 Å². The number of carbonyl (C=O) groups excluding carboxylic acids is 1. The van der Waals surface area contributed by atoms with Crippen molar-refractivity contribution in [3.8, 4) is 11.1 Å². The molecule has 1 aliphatic carbocycles. The van der Waals surface area contributed by atoms with Crippen LogP contribution in [0.4, 0.5) is 5.69 Å². The van der Waals surface area contributed by atoms with Crippen LogP contribution in [0.25, 0.3) is 22.0 Å². The van der Waals surface area contributed by atoms with Crippen LogP contribution in [0.15, 0.2) is 48.9 Å². The molecular weight excluding hydrogens is 336 g/mol. The van der Waals surface area contributed by atoms with Gasteiger partial charge in [0.15, 0.2) is 0 Å². The number of pyridine rings is 2. The van der Waals surface area contributed by atoms with Gasteiger partial charge in [-0.15, -0.1) is 0 Å². The Morgan fingerprint density at radius 3 is 2.70 bits per heavy atom. The number of rotatable bonds is 5. The molecule has 4 rings (SSSR count). The largest absolute Gasteiger partial charge is 0.384 e. The molecule has 2 aromatic heterocycles. The lowest BCUT2D eigenvalue weighted by atomic mass is 9.89. The fourth-order valence-electron chi connectivity index (χ4n) is 3.92. The first-order chi connectivity index (χ1) is 13.2. The Morgan fingerprint density at radius 1 is 1.11 bits per heavy atom. The Bertz CT molecular complexity index is 949. The summed E-state index contributed by atoms with van der Waals surface area (Å²) in [7, 11) is 0. The number of nitrogens with one attached hydrogen (secondary N) is 1. The Balaban J connectivity index is 1.74. The zero-order chi connectivity index (χ0) is 18.6. The maximum Gasteiger partial charge on any atom is 0.252 e. The first-order valence-corrected chi connectivity index (χ1v) is 9.59. The summed E-state index contributed by atoms with van der Waals surface area (Å²) in [5.74, 6) is 0.187. The van der Waals surface area contributed by atoms with E-state index in [1.165, 1.54) is 32.1 Å². The summed E-state index contributed by atoms with van der Waals surface area (Å²) in [6, 6.07) is 10.0. The van der Waals surface area contributed by atoms with Crippen LogP contribution < -0.4 is 11.1 Å². The fourth-order valence-corrected chi connectivity index (χ4v) is 3.92. The predicted molar refractivity (Wildman–Crippen MR) is 109 cm³/mol. The van der Waals surface area contributed by atoms with Crippen LogP contribution in [0, 0.1) is 5.92 Å². The van der Waals surface area contributed by atoms with Gasteiger partial charge in [0.1, 0.15) is 0 Å². The molecule has 3 aromatic rings. The lowest BCUT2D eigenvalue weighted by Gasteiger charge is -2.23. The molecule has 3 N–H and O–H groups in total. The number of hydrogen-bond acceptors (Lipinski definition) is 4. The quantitative estimate of drug-likeness (QED) is 0.707. The van der Waals surface area contributed by atoms with E-state index in [4.69, 9.17) is 5.73 Å². The molecule has 5 nitrogen and oxygen atoms in total. The summed E-state index contributed by atoms with van der Waals surface area (Å²) in [5, 5.41) is 4.45. The van der Waals surface area contributed by atoms with Gasteiger partial charge < -0.3 is 11.1 Å². The number of nitrogens with zero attached hydrogens (tertiary/aromatic N) is 2. The number of primary amides is 1. The Morgan fingerprint density at radius 2 is 1.96 bits per heavy atom. The standard InChI is InChI=1S/C22H24N4O/c23-22(27)19-14-25-20-9-8-16(17-7-4-10-24-13-17)11-18(20)21(19)26-12-15-5-2-1-3-6-15/h4,7-11,13-15H,1-3,5-6,12H2,(H2,23,27)(H,25,26). The third-order valence-corrected chi connectivity index (χ3v) is 5.42. The molecule has 0 aliphatic heterocycles. The first kappa shape index (κ1) is 17.5. The zero-order valence-electron chi connectivity index (χ0n) is 15.3. The van der Waals surface area contributed by atoms with Crippen molar-refractivity contribution in [2.24, 2.45) is 11.7 Å². The van der Waals surface area contributed by atoms with Crippen LogP contribution in [0.1, 0.15) is 42.5 Å². The molecule has 1 saturated carbocycles. The van der Waals surface area contributed by atoms with Crippen molar-refractivity contribution in [2.45, 2.75) is 32.1 Å². The first-order valence-electron chi connectivity index (χ1n) is 9.59. The van der Waals surface area contributed by atoms with Crippen LogP contribution in [0.3, 0.4) is 0 Å². The number of benzene rings is 1. The number of fused-ring (bicyclic) bond motifs is 1. The molecule has 0 atom stereocenters. The van der Waals surface area contributed by atoms with E-state index in [-0.39, 0.29) is 0 Å². The van der Waals surface area contributed by atoms with Crippen LogP contribution in [0.5, 0.6) is 0 Å². The van der Waals surface area contributed by atoms with Crippen molar-refractivity contribution < 1.29 is 4.79 Å². The minimum atomic E-state index is -0.456. The smallest absolute Gasteiger partial charge is 0.252 e. The summed E-state index contributed by atoms with van der Waals surface area (Å²) >= 11 is 0. The highest BCUT2D eigenvalue weighted by atomic mass is 16.1. The van der Waals surface area contributed by atoms with Gasteiger partial charge in [0.2, 0.25) is 0 Å². The molecule has 1 amide bonds. The van der Waals surface area contributed by atoms with E-state index in [9.17, 15) is 4.79 Å². The lowest BCUT2D eigenvalue weighted by molar-refractivity contribution is 0.100. The molecule has 27 heavy (non-hydrogen) atoms. The molecule has 0 unspecified atom stereocenters. The molecular formula is C22H24N4O. The van der Waals surface area contributed by atoms with Gasteiger partial charge in [0, 0.05) is 36.1 Å². The Labute approximate surface area is 159 Å². The minimum Gasteiger partial charge on any atom is -0.384 e. The zero-order valence-corrected chi connectivity index (χ0v) is 15.3. The van der Waals surface area contributed by atoms with E-state index >= 15 is 0 Å². The molecule has 0 radical (unpaired) electrons. The van der Waals surface area contributed by atoms with Gasteiger partial charge in [0.05, 0.1) is 16.8 Å². The predicted octanol–water partition coefficient (Wildman–Crippen LogP) is 4.39. The van der Waals surface area contributed by atoms with Gasteiger partial charge in [-0.2, -0.15) is 0 Å². The van der Waals surface area contributed by atoms with Crippen LogP contribution in [-0.4, -0.2) is 22.4 Å². The van der Waals surface area contributed by atoms with E-state index in [1.54, 1.807) is 12.4 Å².